The van der Waals surface area contributed by atoms with E-state index in [1.807, 2.05) is 24.2 Å². The topological polar surface area (TPSA) is 48.0 Å². The van der Waals surface area contributed by atoms with Gasteiger partial charge in [0.2, 0.25) is 0 Å². The maximum atomic E-state index is 4.60. The van der Waals surface area contributed by atoms with Crippen LogP contribution in [0, 0.1) is 0 Å². The van der Waals surface area contributed by atoms with E-state index in [2.05, 4.69) is 31.9 Å². The van der Waals surface area contributed by atoms with Crippen molar-refractivity contribution in [2.75, 3.05) is 25.4 Å². The molecule has 26 heavy (non-hydrogen) atoms. The molecule has 1 aliphatic carbocycles. The molecule has 0 aromatic carbocycles. The zero-order valence-electron chi connectivity index (χ0n) is 15.6. The van der Waals surface area contributed by atoms with E-state index in [9.17, 15) is 0 Å². The van der Waals surface area contributed by atoms with Crippen molar-refractivity contribution in [3.63, 3.8) is 0 Å². The molecule has 0 unspecified atom stereocenters. The number of nitrogens with zero attached hydrogens (tertiary/aromatic N) is 4. The average Bonchev–Trinajstić information content (AvgIpc) is 3.14. The number of nitrogens with one attached hydrogen (secondary N) is 1. The van der Waals surface area contributed by atoms with Crippen LogP contribution in [0.15, 0.2) is 29.7 Å². The van der Waals surface area contributed by atoms with Gasteiger partial charge in [-0.05, 0) is 44.2 Å². The van der Waals surface area contributed by atoms with Crippen molar-refractivity contribution >= 4 is 11.8 Å². The molecule has 2 aliphatic rings. The van der Waals surface area contributed by atoms with Crippen LogP contribution in [0.3, 0.4) is 0 Å². The molecule has 1 saturated carbocycles. The van der Waals surface area contributed by atoms with Gasteiger partial charge in [-0.15, -0.1) is 10.2 Å². The quantitative estimate of drug-likeness (QED) is 0.792. The van der Waals surface area contributed by atoms with Gasteiger partial charge in [-0.2, -0.15) is 0 Å². The van der Waals surface area contributed by atoms with Crippen molar-refractivity contribution in [1.82, 2.24) is 19.7 Å². The second-order valence-corrected chi connectivity index (χ2v) is 8.68. The molecule has 0 radical (unpaired) electrons. The Balaban J connectivity index is 1.50. The SMILES string of the molecule is c1cc(-c2nnc(SCC[NH+]3CCCCC3)n2C2CCCCC2)ccn1. The lowest BCUT2D eigenvalue weighted by molar-refractivity contribution is -0.902. The summed E-state index contributed by atoms with van der Waals surface area (Å²) in [6.07, 6.45) is 14.4. The lowest BCUT2D eigenvalue weighted by Gasteiger charge is -2.26. The summed E-state index contributed by atoms with van der Waals surface area (Å²) in [6.45, 7) is 3.93. The van der Waals surface area contributed by atoms with Gasteiger partial charge in [-0.25, -0.2) is 0 Å². The molecule has 0 amide bonds. The van der Waals surface area contributed by atoms with Gasteiger partial charge in [0.1, 0.15) is 0 Å². The second-order valence-electron chi connectivity index (χ2n) is 7.61. The third-order valence-electron chi connectivity index (χ3n) is 5.79. The fraction of sp³-hybridized carbons (Fsp3) is 0.650. The van der Waals surface area contributed by atoms with Crippen molar-refractivity contribution < 1.29 is 4.90 Å². The lowest BCUT2D eigenvalue weighted by Crippen LogP contribution is -3.13. The van der Waals surface area contributed by atoms with E-state index in [1.54, 1.807) is 4.90 Å². The number of piperidine rings is 1. The molecule has 1 saturated heterocycles. The lowest BCUT2D eigenvalue weighted by atomic mass is 9.95. The van der Waals surface area contributed by atoms with E-state index in [4.69, 9.17) is 0 Å². The van der Waals surface area contributed by atoms with Gasteiger partial charge in [-0.3, -0.25) is 9.55 Å². The summed E-state index contributed by atoms with van der Waals surface area (Å²) in [5, 5.41) is 10.3. The van der Waals surface area contributed by atoms with Crippen molar-refractivity contribution in [3.05, 3.63) is 24.5 Å². The molecular weight excluding hydrogens is 342 g/mol. The Labute approximate surface area is 160 Å². The van der Waals surface area contributed by atoms with Crippen LogP contribution in [0.25, 0.3) is 11.4 Å². The van der Waals surface area contributed by atoms with Gasteiger partial charge >= 0.3 is 0 Å². The Hall–Kier alpha value is -1.40. The normalized spacial score (nSPS) is 19.7. The Morgan fingerprint density at radius 3 is 2.46 bits per heavy atom. The monoisotopic (exact) mass is 372 g/mol. The van der Waals surface area contributed by atoms with E-state index in [0.717, 1.165) is 22.3 Å². The molecule has 2 aromatic heterocycles. The molecule has 0 atom stereocenters. The van der Waals surface area contributed by atoms with Crippen LogP contribution in [0.1, 0.15) is 57.4 Å². The highest BCUT2D eigenvalue weighted by atomic mass is 32.2. The summed E-state index contributed by atoms with van der Waals surface area (Å²) in [6, 6.07) is 4.65. The zero-order chi connectivity index (χ0) is 17.6. The van der Waals surface area contributed by atoms with E-state index >= 15 is 0 Å². The summed E-state index contributed by atoms with van der Waals surface area (Å²) in [5.41, 5.74) is 1.13. The minimum atomic E-state index is 0.548. The van der Waals surface area contributed by atoms with E-state index in [-0.39, 0.29) is 0 Å². The summed E-state index contributed by atoms with van der Waals surface area (Å²) in [5.74, 6) is 2.16. The van der Waals surface area contributed by atoms with E-state index in [1.165, 1.54) is 71.0 Å². The predicted octanol–water partition coefficient (Wildman–Crippen LogP) is 3.01. The highest BCUT2D eigenvalue weighted by molar-refractivity contribution is 7.99. The zero-order valence-corrected chi connectivity index (χ0v) is 16.4. The number of hydrogen-bond acceptors (Lipinski definition) is 4. The number of aromatic nitrogens is 4. The molecule has 5 nitrogen and oxygen atoms in total. The van der Waals surface area contributed by atoms with Gasteiger partial charge in [0.15, 0.2) is 11.0 Å². The van der Waals surface area contributed by atoms with Crippen LogP contribution in [0.5, 0.6) is 0 Å². The van der Waals surface area contributed by atoms with Crippen molar-refractivity contribution in [3.8, 4) is 11.4 Å². The van der Waals surface area contributed by atoms with Gasteiger partial charge in [-0.1, -0.05) is 31.0 Å². The first-order valence-corrected chi connectivity index (χ1v) is 11.2. The first-order valence-electron chi connectivity index (χ1n) is 10.2. The van der Waals surface area contributed by atoms with E-state index in [0.29, 0.717) is 6.04 Å². The van der Waals surface area contributed by atoms with Gasteiger partial charge in [0, 0.05) is 24.0 Å². The van der Waals surface area contributed by atoms with Gasteiger partial charge in [0.25, 0.3) is 0 Å². The summed E-state index contributed by atoms with van der Waals surface area (Å²) < 4.78 is 2.44. The minimum absolute atomic E-state index is 0.548. The fourth-order valence-corrected chi connectivity index (χ4v) is 5.38. The first-order chi connectivity index (χ1) is 12.9. The molecule has 3 heterocycles. The Bertz CT molecular complexity index is 675. The number of rotatable bonds is 6. The van der Waals surface area contributed by atoms with Crippen LogP contribution >= 0.6 is 11.8 Å². The Morgan fingerprint density at radius 1 is 0.962 bits per heavy atom. The standard InChI is InChI=1S/C20H29N5S/c1-3-7-18(8-4-1)25-19(17-9-11-21-12-10-17)22-23-20(25)26-16-15-24-13-5-2-6-14-24/h9-12,18H,1-8,13-16H2/p+1. The number of likely N-dealkylation sites (tertiary alicyclic amines) is 1. The third kappa shape index (κ3) is 4.29. The molecule has 2 fully saturated rings. The largest absolute Gasteiger partial charge is 0.334 e. The van der Waals surface area contributed by atoms with Crippen molar-refractivity contribution in [2.45, 2.75) is 62.6 Å². The summed E-state index contributed by atoms with van der Waals surface area (Å²) in [7, 11) is 0. The average molecular weight is 373 g/mol. The molecule has 4 rings (SSSR count). The molecule has 1 N–H and O–H groups in total. The van der Waals surface area contributed by atoms with Crippen molar-refractivity contribution in [1.29, 1.82) is 0 Å². The fourth-order valence-electron chi connectivity index (χ4n) is 4.33. The van der Waals surface area contributed by atoms with Crippen LogP contribution in [0.4, 0.5) is 0 Å². The Kier molecular flexibility index (Phi) is 6.22. The number of thioether (sulfide) groups is 1. The van der Waals surface area contributed by atoms with Gasteiger partial charge in [0.05, 0.1) is 25.4 Å². The maximum Gasteiger partial charge on any atom is 0.191 e. The Morgan fingerprint density at radius 2 is 1.69 bits per heavy atom. The highest BCUT2D eigenvalue weighted by Crippen LogP contribution is 2.35. The molecule has 0 bridgehead atoms. The minimum Gasteiger partial charge on any atom is -0.334 e. The number of hydrogen-bond donors (Lipinski definition) is 1. The second kappa shape index (κ2) is 9.00. The molecule has 140 valence electrons. The van der Waals surface area contributed by atoms with Crippen molar-refractivity contribution in [2.24, 2.45) is 0 Å². The predicted molar refractivity (Wildman–Crippen MR) is 106 cm³/mol. The molecule has 0 spiro atoms. The van der Waals surface area contributed by atoms with Crippen LogP contribution in [-0.2, 0) is 0 Å². The number of pyridine rings is 1. The first kappa shape index (κ1) is 18.0. The third-order valence-corrected chi connectivity index (χ3v) is 6.74. The maximum absolute atomic E-state index is 4.60. The molecule has 6 heteroatoms. The smallest absolute Gasteiger partial charge is 0.191 e. The molecule has 1 aliphatic heterocycles. The summed E-state index contributed by atoms with van der Waals surface area (Å²) >= 11 is 1.90. The van der Waals surface area contributed by atoms with Crippen LogP contribution in [-0.4, -0.2) is 45.1 Å². The molecular formula is C20H30N5S+. The number of quaternary nitrogens is 1. The van der Waals surface area contributed by atoms with Crippen LogP contribution in [0.2, 0.25) is 0 Å². The van der Waals surface area contributed by atoms with Gasteiger partial charge < -0.3 is 4.90 Å². The summed E-state index contributed by atoms with van der Waals surface area (Å²) in [4.78, 5) is 5.92. The van der Waals surface area contributed by atoms with Crippen LogP contribution < -0.4 is 4.90 Å². The molecule has 2 aromatic rings. The van der Waals surface area contributed by atoms with E-state index < -0.39 is 0 Å². The highest BCUT2D eigenvalue weighted by Gasteiger charge is 2.24.